The zero-order valence-electron chi connectivity index (χ0n) is 9.73. The molecule has 0 atom stereocenters. The van der Waals surface area contributed by atoms with Gasteiger partial charge in [-0.25, -0.2) is 9.13 Å². The van der Waals surface area contributed by atoms with Crippen molar-refractivity contribution in [1.82, 2.24) is 8.97 Å². The zero-order valence-corrected chi connectivity index (χ0v) is 9.73. The highest BCUT2D eigenvalue weighted by Gasteiger charge is 2.18. The van der Waals surface area contributed by atoms with Crippen LogP contribution in [0, 0.1) is 0 Å². The second kappa shape index (κ2) is 3.66. The summed E-state index contributed by atoms with van der Waals surface area (Å²) in [5.41, 5.74) is 0.151. The molecule has 2 aromatic rings. The zero-order chi connectivity index (χ0) is 11.9. The first-order chi connectivity index (χ1) is 7.61. The second-order valence-corrected chi connectivity index (χ2v) is 3.77. The van der Waals surface area contributed by atoms with E-state index in [-0.39, 0.29) is 11.4 Å². The van der Waals surface area contributed by atoms with Gasteiger partial charge in [-0.15, -0.1) is 0 Å². The molecule has 0 unspecified atom stereocenters. The van der Waals surface area contributed by atoms with Crippen molar-refractivity contribution in [2.24, 2.45) is 7.05 Å². The molecule has 0 spiro atoms. The van der Waals surface area contributed by atoms with Gasteiger partial charge in [0.1, 0.15) is 6.20 Å². The minimum absolute atomic E-state index is 0.170. The van der Waals surface area contributed by atoms with Gasteiger partial charge in [-0.05, 0) is 13.3 Å². The number of hydrogen-bond acceptors (Lipinski definition) is 2. The maximum Gasteiger partial charge on any atom is 0.371 e. The monoisotopic (exact) mass is 221 g/mol. The number of rotatable bonds is 2. The molecule has 16 heavy (non-hydrogen) atoms. The van der Waals surface area contributed by atoms with Gasteiger partial charge in [0.05, 0.1) is 25.4 Å². The van der Waals surface area contributed by atoms with Crippen molar-refractivity contribution in [2.45, 2.75) is 26.8 Å². The lowest BCUT2D eigenvalue weighted by Gasteiger charge is -2.15. The van der Waals surface area contributed by atoms with Gasteiger partial charge in [-0.1, -0.05) is 6.92 Å². The number of hydrogen-bond donors (Lipinski definition) is 0. The lowest BCUT2D eigenvalue weighted by molar-refractivity contribution is -0.647. The molecule has 0 aromatic carbocycles. The van der Waals surface area contributed by atoms with Crippen LogP contribution in [0.4, 0.5) is 0 Å². The predicted octanol–water partition coefficient (Wildman–Crippen LogP) is -0.419. The summed E-state index contributed by atoms with van der Waals surface area (Å²) in [6.45, 7) is 4.29. The Kier molecular flexibility index (Phi) is 2.46. The van der Waals surface area contributed by atoms with E-state index in [2.05, 4.69) is 0 Å². The summed E-state index contributed by atoms with van der Waals surface area (Å²) < 4.78 is 4.94. The molecule has 0 saturated heterocycles. The lowest BCUT2D eigenvalue weighted by atomic mass is 10.2. The Morgan fingerprint density at radius 1 is 1.44 bits per heavy atom. The molecule has 0 aliphatic heterocycles. The van der Waals surface area contributed by atoms with Crippen molar-refractivity contribution in [1.29, 1.82) is 0 Å². The van der Waals surface area contributed by atoms with Crippen LogP contribution in [-0.4, -0.2) is 8.97 Å². The Morgan fingerprint density at radius 2 is 2.12 bits per heavy atom. The highest BCUT2D eigenvalue weighted by molar-refractivity contribution is 5.34. The van der Waals surface area contributed by atoms with Crippen molar-refractivity contribution in [3.05, 3.63) is 28.3 Å². The fourth-order valence-electron chi connectivity index (χ4n) is 2.03. The lowest BCUT2D eigenvalue weighted by Crippen LogP contribution is -2.34. The molecule has 5 nitrogen and oxygen atoms in total. The van der Waals surface area contributed by atoms with Gasteiger partial charge in [0.2, 0.25) is 0 Å². The van der Waals surface area contributed by atoms with Crippen LogP contribution in [0.15, 0.2) is 17.2 Å². The number of nitrogens with zero attached hydrogens (tertiary/aromatic N) is 3. The average molecular weight is 221 g/mol. The van der Waals surface area contributed by atoms with Gasteiger partial charge < -0.3 is 5.11 Å². The Hall–Kier alpha value is -1.78. The molecule has 2 rings (SSSR count). The minimum Gasteiger partial charge on any atom is -0.848 e. The van der Waals surface area contributed by atoms with Crippen LogP contribution in [0.5, 0.6) is 5.88 Å². The SMILES string of the molecule is CCc1c([O-])n(CC)c2n(cc[n+]2C)c1=O. The molecule has 0 aliphatic rings. The van der Waals surface area contributed by atoms with Crippen LogP contribution in [0.2, 0.25) is 0 Å². The topological polar surface area (TPSA) is 53.4 Å². The normalized spacial score (nSPS) is 11.2. The fraction of sp³-hybridized carbons (Fsp3) is 0.455. The first kappa shape index (κ1) is 10.7. The molecule has 0 N–H and O–H groups in total. The van der Waals surface area contributed by atoms with Gasteiger partial charge in [0.15, 0.2) is 0 Å². The van der Waals surface area contributed by atoms with Crippen molar-refractivity contribution in [3.63, 3.8) is 0 Å². The van der Waals surface area contributed by atoms with Crippen LogP contribution in [0.3, 0.4) is 0 Å². The molecule has 86 valence electrons. The summed E-state index contributed by atoms with van der Waals surface area (Å²) in [6.07, 6.45) is 3.94. The molecular formula is C11H15N3O2. The molecular weight excluding hydrogens is 206 g/mol. The van der Waals surface area contributed by atoms with Crippen LogP contribution < -0.4 is 15.2 Å². The third kappa shape index (κ3) is 1.24. The number of fused-ring (bicyclic) bond motifs is 1. The van der Waals surface area contributed by atoms with Crippen molar-refractivity contribution < 1.29 is 9.67 Å². The molecule has 0 aliphatic carbocycles. The predicted molar refractivity (Wildman–Crippen MR) is 57.3 cm³/mol. The van der Waals surface area contributed by atoms with Crippen LogP contribution in [0.25, 0.3) is 5.78 Å². The maximum absolute atomic E-state index is 12.1. The summed E-state index contributed by atoms with van der Waals surface area (Å²) in [6, 6.07) is 0. The summed E-state index contributed by atoms with van der Waals surface area (Å²) in [5.74, 6) is 0.464. The quantitative estimate of drug-likeness (QED) is 0.647. The van der Waals surface area contributed by atoms with E-state index >= 15 is 0 Å². The fourth-order valence-corrected chi connectivity index (χ4v) is 2.03. The van der Waals surface area contributed by atoms with Gasteiger partial charge in [-0.3, -0.25) is 4.79 Å². The molecule has 2 heterocycles. The Morgan fingerprint density at radius 3 is 2.69 bits per heavy atom. The largest absolute Gasteiger partial charge is 0.848 e. The Labute approximate surface area is 93.2 Å². The van der Waals surface area contributed by atoms with E-state index in [9.17, 15) is 9.90 Å². The van der Waals surface area contributed by atoms with Gasteiger partial charge in [-0.2, -0.15) is 4.40 Å². The number of aryl methyl sites for hydroxylation is 2. The summed E-state index contributed by atoms with van der Waals surface area (Å²) in [7, 11) is 1.83. The Balaban J connectivity index is 3.02. The van der Waals surface area contributed by atoms with Crippen molar-refractivity contribution in [2.75, 3.05) is 0 Å². The summed E-state index contributed by atoms with van der Waals surface area (Å²) in [4.78, 5) is 12.0. The molecule has 0 fully saturated rings. The van der Waals surface area contributed by atoms with E-state index in [1.54, 1.807) is 21.5 Å². The minimum atomic E-state index is -0.201. The van der Waals surface area contributed by atoms with E-state index in [1.165, 1.54) is 4.40 Å². The first-order valence-corrected chi connectivity index (χ1v) is 5.41. The van der Waals surface area contributed by atoms with Gasteiger partial charge in [0, 0.05) is 5.88 Å². The van der Waals surface area contributed by atoms with E-state index in [1.807, 2.05) is 20.9 Å². The molecule has 2 aromatic heterocycles. The van der Waals surface area contributed by atoms with Crippen LogP contribution in [-0.2, 0) is 20.0 Å². The van der Waals surface area contributed by atoms with Crippen LogP contribution in [0.1, 0.15) is 19.4 Å². The molecule has 5 heteroatoms. The van der Waals surface area contributed by atoms with Crippen LogP contribution >= 0.6 is 0 Å². The Bertz CT molecular complexity index is 595. The number of imidazole rings is 1. The standard InChI is InChI=1S/C11H15N3O2/c1-4-8-9(15)13(5-2)11-12(3)6-7-14(11)10(8)16/h6-7H,4-5H2,1-3H3. The average Bonchev–Trinajstić information content (AvgIpc) is 2.63. The van der Waals surface area contributed by atoms with Crippen molar-refractivity contribution >= 4 is 5.78 Å². The molecule has 0 bridgehead atoms. The molecule has 0 radical (unpaired) electrons. The van der Waals surface area contributed by atoms with E-state index in [4.69, 9.17) is 0 Å². The summed E-state index contributed by atoms with van der Waals surface area (Å²) in [5, 5.41) is 12.1. The van der Waals surface area contributed by atoms with Gasteiger partial charge >= 0.3 is 11.3 Å². The number of aromatic nitrogens is 3. The molecule has 0 saturated carbocycles. The van der Waals surface area contributed by atoms with Crippen molar-refractivity contribution in [3.8, 4) is 5.88 Å². The third-order valence-electron chi connectivity index (χ3n) is 2.86. The van der Waals surface area contributed by atoms with E-state index < -0.39 is 0 Å². The first-order valence-electron chi connectivity index (χ1n) is 5.41. The molecule has 0 amide bonds. The maximum atomic E-state index is 12.1. The summed E-state index contributed by atoms with van der Waals surface area (Å²) >= 11 is 0. The highest BCUT2D eigenvalue weighted by Crippen LogP contribution is 2.12. The third-order valence-corrected chi connectivity index (χ3v) is 2.86. The highest BCUT2D eigenvalue weighted by atomic mass is 16.3. The second-order valence-electron chi connectivity index (χ2n) is 3.77. The smallest absolute Gasteiger partial charge is 0.371 e. The van der Waals surface area contributed by atoms with Gasteiger partial charge in [0.25, 0.3) is 0 Å². The van der Waals surface area contributed by atoms with E-state index in [0.29, 0.717) is 24.3 Å². The van der Waals surface area contributed by atoms with E-state index in [0.717, 1.165) is 0 Å².